The molecule has 0 unspecified atom stereocenters. The lowest BCUT2D eigenvalue weighted by molar-refractivity contribution is -0.137. The van der Waals surface area contributed by atoms with E-state index in [1.807, 2.05) is 48.5 Å². The molecule has 0 radical (unpaired) electrons. The van der Waals surface area contributed by atoms with E-state index in [0.29, 0.717) is 12.8 Å². The van der Waals surface area contributed by atoms with Crippen LogP contribution in [0.3, 0.4) is 0 Å². The SMILES string of the molecule is O=C(O)CNC(=O)CNC(=O)C1(NC(=O)OCC2c3ccccc3-c3ccccc32)CC1. The van der Waals surface area contributed by atoms with Gasteiger partial charge >= 0.3 is 12.1 Å². The minimum absolute atomic E-state index is 0.0879. The van der Waals surface area contributed by atoms with Gasteiger partial charge in [-0.2, -0.15) is 0 Å². The number of hydrogen-bond acceptors (Lipinski definition) is 5. The summed E-state index contributed by atoms with van der Waals surface area (Å²) < 4.78 is 5.48. The van der Waals surface area contributed by atoms with Crippen LogP contribution in [-0.2, 0) is 19.1 Å². The van der Waals surface area contributed by atoms with Crippen molar-refractivity contribution in [2.45, 2.75) is 24.3 Å². The third-order valence-corrected chi connectivity index (χ3v) is 5.72. The van der Waals surface area contributed by atoms with Crippen molar-refractivity contribution < 1.29 is 29.0 Å². The van der Waals surface area contributed by atoms with Crippen molar-refractivity contribution in [3.63, 3.8) is 0 Å². The highest BCUT2D eigenvalue weighted by molar-refractivity contribution is 5.95. The van der Waals surface area contributed by atoms with Crippen LogP contribution in [0.15, 0.2) is 48.5 Å². The second-order valence-electron chi connectivity index (χ2n) is 7.89. The summed E-state index contributed by atoms with van der Waals surface area (Å²) in [5.41, 5.74) is 3.32. The van der Waals surface area contributed by atoms with Crippen LogP contribution in [0.2, 0.25) is 0 Å². The summed E-state index contributed by atoms with van der Waals surface area (Å²) in [5, 5.41) is 15.7. The molecule has 0 aromatic heterocycles. The van der Waals surface area contributed by atoms with Gasteiger partial charge in [0.15, 0.2) is 0 Å². The molecule has 166 valence electrons. The normalized spacial score (nSPS) is 15.1. The summed E-state index contributed by atoms with van der Waals surface area (Å²) in [6.45, 7) is -0.771. The average Bonchev–Trinajstić information content (AvgIpc) is 3.50. The van der Waals surface area contributed by atoms with Crippen LogP contribution >= 0.6 is 0 Å². The summed E-state index contributed by atoms with van der Waals surface area (Å²) in [4.78, 5) is 46.9. The third kappa shape index (κ3) is 4.41. The highest BCUT2D eigenvalue weighted by Gasteiger charge is 2.51. The molecular formula is C23H23N3O6. The van der Waals surface area contributed by atoms with Gasteiger partial charge in [-0.15, -0.1) is 0 Å². The van der Waals surface area contributed by atoms with Gasteiger partial charge in [0.2, 0.25) is 11.8 Å². The molecule has 0 atom stereocenters. The molecule has 1 fully saturated rings. The number of nitrogens with one attached hydrogen (secondary N) is 3. The fraction of sp³-hybridized carbons (Fsp3) is 0.304. The fourth-order valence-electron chi connectivity index (χ4n) is 3.93. The molecule has 2 aliphatic carbocycles. The van der Waals surface area contributed by atoms with Gasteiger partial charge < -0.3 is 25.8 Å². The summed E-state index contributed by atoms with van der Waals surface area (Å²) >= 11 is 0. The van der Waals surface area contributed by atoms with Gasteiger partial charge in [0.05, 0.1) is 6.54 Å². The Morgan fingerprint density at radius 1 is 0.906 bits per heavy atom. The van der Waals surface area contributed by atoms with Crippen LogP contribution in [0.5, 0.6) is 0 Å². The van der Waals surface area contributed by atoms with E-state index < -0.39 is 36.0 Å². The molecule has 0 spiro atoms. The number of rotatable bonds is 8. The van der Waals surface area contributed by atoms with Crippen LogP contribution in [0.25, 0.3) is 11.1 Å². The Morgan fingerprint density at radius 2 is 1.50 bits per heavy atom. The van der Waals surface area contributed by atoms with E-state index in [4.69, 9.17) is 9.84 Å². The first kappa shape index (κ1) is 21.4. The Labute approximate surface area is 184 Å². The number of alkyl carbamates (subject to hydrolysis) is 1. The van der Waals surface area contributed by atoms with Gasteiger partial charge in [-0.05, 0) is 35.1 Å². The summed E-state index contributed by atoms with van der Waals surface area (Å²) in [6.07, 6.45) is 0.161. The number of carboxylic acids is 1. The van der Waals surface area contributed by atoms with E-state index >= 15 is 0 Å². The lowest BCUT2D eigenvalue weighted by atomic mass is 9.98. The highest BCUT2D eigenvalue weighted by Crippen LogP contribution is 2.44. The Kier molecular flexibility index (Phi) is 5.81. The first-order chi connectivity index (χ1) is 15.4. The Balaban J connectivity index is 1.31. The molecule has 2 aromatic carbocycles. The number of ether oxygens (including phenoxy) is 1. The van der Waals surface area contributed by atoms with E-state index in [0.717, 1.165) is 22.3 Å². The number of hydrogen-bond donors (Lipinski definition) is 4. The van der Waals surface area contributed by atoms with Gasteiger partial charge in [-0.1, -0.05) is 48.5 Å². The predicted octanol–water partition coefficient (Wildman–Crippen LogP) is 1.37. The Hall–Kier alpha value is -3.88. The lowest BCUT2D eigenvalue weighted by Gasteiger charge is -2.19. The molecule has 0 heterocycles. The second kappa shape index (κ2) is 8.70. The Bertz CT molecular complexity index is 1030. The molecule has 4 N–H and O–H groups in total. The monoisotopic (exact) mass is 437 g/mol. The molecule has 32 heavy (non-hydrogen) atoms. The molecule has 1 saturated carbocycles. The zero-order valence-electron chi connectivity index (χ0n) is 17.2. The number of carboxylic acid groups (broad SMARTS) is 1. The van der Waals surface area contributed by atoms with Crippen molar-refractivity contribution in [2.24, 2.45) is 0 Å². The fourth-order valence-corrected chi connectivity index (χ4v) is 3.93. The van der Waals surface area contributed by atoms with Crippen molar-refractivity contribution >= 4 is 23.9 Å². The molecular weight excluding hydrogens is 414 g/mol. The first-order valence-corrected chi connectivity index (χ1v) is 10.3. The second-order valence-corrected chi connectivity index (χ2v) is 7.89. The number of aliphatic carboxylic acids is 1. The van der Waals surface area contributed by atoms with Crippen molar-refractivity contribution in [3.8, 4) is 11.1 Å². The minimum Gasteiger partial charge on any atom is -0.480 e. The maximum absolute atomic E-state index is 12.4. The maximum Gasteiger partial charge on any atom is 0.408 e. The molecule has 3 amide bonds. The number of carbonyl (C=O) groups is 4. The highest BCUT2D eigenvalue weighted by atomic mass is 16.5. The topological polar surface area (TPSA) is 134 Å². The summed E-state index contributed by atoms with van der Waals surface area (Å²) in [5.74, 6) is -2.40. The molecule has 2 aliphatic rings. The quantitative estimate of drug-likeness (QED) is 0.493. The van der Waals surface area contributed by atoms with Crippen LogP contribution in [0, 0.1) is 0 Å². The Morgan fingerprint density at radius 3 is 2.06 bits per heavy atom. The number of fused-ring (bicyclic) bond motifs is 3. The molecule has 9 nitrogen and oxygen atoms in total. The van der Waals surface area contributed by atoms with Crippen LogP contribution < -0.4 is 16.0 Å². The van der Waals surface area contributed by atoms with Gasteiger partial charge in [0, 0.05) is 5.92 Å². The predicted molar refractivity (Wildman–Crippen MR) is 114 cm³/mol. The number of carbonyl (C=O) groups excluding carboxylic acids is 3. The summed E-state index contributed by atoms with van der Waals surface area (Å²) in [7, 11) is 0. The van der Waals surface area contributed by atoms with Crippen LogP contribution in [0.1, 0.15) is 29.9 Å². The average molecular weight is 437 g/mol. The third-order valence-electron chi connectivity index (χ3n) is 5.72. The van der Waals surface area contributed by atoms with E-state index in [-0.39, 0.29) is 19.1 Å². The van der Waals surface area contributed by atoms with Gasteiger partial charge in [-0.3, -0.25) is 14.4 Å². The van der Waals surface area contributed by atoms with E-state index in [1.54, 1.807) is 0 Å². The van der Waals surface area contributed by atoms with Gasteiger partial charge in [-0.25, -0.2) is 4.79 Å². The number of amides is 3. The zero-order chi connectivity index (χ0) is 22.7. The zero-order valence-corrected chi connectivity index (χ0v) is 17.2. The standard InChI is InChI=1S/C23H23N3O6/c27-19(24-12-20(28)29)11-25-21(30)23(9-10-23)26-22(31)32-13-18-16-7-3-1-5-14(16)15-6-2-4-8-17(15)18/h1-8,18H,9-13H2,(H,24,27)(H,25,30)(H,26,31)(H,28,29). The maximum atomic E-state index is 12.4. The van der Waals surface area contributed by atoms with Crippen LogP contribution in [0.4, 0.5) is 4.79 Å². The van der Waals surface area contributed by atoms with E-state index in [9.17, 15) is 19.2 Å². The summed E-state index contributed by atoms with van der Waals surface area (Å²) in [6, 6.07) is 16.0. The smallest absolute Gasteiger partial charge is 0.408 e. The number of benzene rings is 2. The van der Waals surface area contributed by atoms with Crippen molar-refractivity contribution in [1.82, 2.24) is 16.0 Å². The molecule has 4 rings (SSSR count). The van der Waals surface area contributed by atoms with Crippen molar-refractivity contribution in [2.75, 3.05) is 19.7 Å². The van der Waals surface area contributed by atoms with E-state index in [2.05, 4.69) is 16.0 Å². The van der Waals surface area contributed by atoms with Crippen molar-refractivity contribution in [1.29, 1.82) is 0 Å². The molecule has 0 aliphatic heterocycles. The minimum atomic E-state index is -1.18. The van der Waals surface area contributed by atoms with Crippen LogP contribution in [-0.4, -0.2) is 54.2 Å². The first-order valence-electron chi connectivity index (χ1n) is 10.3. The van der Waals surface area contributed by atoms with E-state index in [1.165, 1.54) is 0 Å². The largest absolute Gasteiger partial charge is 0.480 e. The van der Waals surface area contributed by atoms with Gasteiger partial charge in [0.1, 0.15) is 18.7 Å². The lowest BCUT2D eigenvalue weighted by Crippen LogP contribution is -2.51. The molecule has 9 heteroatoms. The van der Waals surface area contributed by atoms with Gasteiger partial charge in [0.25, 0.3) is 0 Å². The molecule has 2 aromatic rings. The molecule has 0 saturated heterocycles. The molecule has 0 bridgehead atoms. The van der Waals surface area contributed by atoms with Crippen molar-refractivity contribution in [3.05, 3.63) is 59.7 Å².